The average Bonchev–Trinajstić information content (AvgIpc) is 3.80. The Kier molecular flexibility index (Phi) is 6.82. The molecule has 4 heteroatoms. The number of furan rings is 2. The van der Waals surface area contributed by atoms with E-state index in [1.165, 1.54) is 10.8 Å². The number of para-hydroxylation sites is 4. The van der Waals surface area contributed by atoms with Crippen LogP contribution in [-0.2, 0) is 0 Å². The predicted molar refractivity (Wildman–Crippen MR) is 225 cm³/mol. The second-order valence-corrected chi connectivity index (χ2v) is 13.7. The molecule has 0 N–H and O–H groups in total. The van der Waals surface area contributed by atoms with Gasteiger partial charge >= 0.3 is 0 Å². The molecule has 2 heterocycles. The Hall–Kier alpha value is -7.30. The number of hydrogen-bond donors (Lipinski definition) is 0. The molecule has 11 aromatic rings. The number of anilines is 6. The van der Waals surface area contributed by atoms with Crippen LogP contribution in [0.25, 0.3) is 65.4 Å². The molecule has 11 rings (SSSR count). The molecule has 0 bridgehead atoms. The van der Waals surface area contributed by atoms with E-state index in [1.54, 1.807) is 0 Å². The van der Waals surface area contributed by atoms with Crippen LogP contribution in [0.2, 0.25) is 0 Å². The van der Waals surface area contributed by atoms with Crippen molar-refractivity contribution in [3.05, 3.63) is 194 Å². The molecule has 2 aromatic heterocycles. The standard InChI is InChI=1S/C50H32N2O2/c1-3-15-33(16-4-1)51(35-28-30-47-44(31-35)40-22-12-14-26-46(40)53-47)49-42-23-9-7-19-37(42)38-20-8-10-24-43(38)50(49)52(34-17-5-2-6-18-34)36-27-29-41-39-21-11-13-25-45(39)54-48(41)32-36/h1-32H. The van der Waals surface area contributed by atoms with Gasteiger partial charge in [0, 0.05) is 61.1 Å². The van der Waals surface area contributed by atoms with E-state index in [-0.39, 0.29) is 0 Å². The highest BCUT2D eigenvalue weighted by Crippen LogP contribution is 2.53. The maximum Gasteiger partial charge on any atom is 0.137 e. The maximum absolute atomic E-state index is 6.51. The first-order valence-corrected chi connectivity index (χ1v) is 18.3. The maximum atomic E-state index is 6.51. The molecule has 0 amide bonds. The highest BCUT2D eigenvalue weighted by atomic mass is 16.3. The van der Waals surface area contributed by atoms with Crippen molar-refractivity contribution in [1.82, 2.24) is 0 Å². The fraction of sp³-hybridized carbons (Fsp3) is 0. The average molecular weight is 693 g/mol. The summed E-state index contributed by atoms with van der Waals surface area (Å²) < 4.78 is 12.8. The largest absolute Gasteiger partial charge is 0.456 e. The van der Waals surface area contributed by atoms with E-state index in [0.717, 1.165) is 88.8 Å². The van der Waals surface area contributed by atoms with E-state index in [1.807, 2.05) is 24.3 Å². The summed E-state index contributed by atoms with van der Waals surface area (Å²) in [5.41, 5.74) is 9.71. The highest BCUT2D eigenvalue weighted by molar-refractivity contribution is 6.24. The third-order valence-electron chi connectivity index (χ3n) is 10.6. The van der Waals surface area contributed by atoms with E-state index >= 15 is 0 Å². The van der Waals surface area contributed by atoms with Gasteiger partial charge in [-0.05, 0) is 77.5 Å². The van der Waals surface area contributed by atoms with Gasteiger partial charge in [-0.25, -0.2) is 0 Å². The molecule has 54 heavy (non-hydrogen) atoms. The van der Waals surface area contributed by atoms with Gasteiger partial charge in [-0.15, -0.1) is 0 Å². The molecule has 0 aliphatic rings. The van der Waals surface area contributed by atoms with Crippen LogP contribution in [0.1, 0.15) is 0 Å². The van der Waals surface area contributed by atoms with E-state index in [4.69, 9.17) is 8.83 Å². The molecule has 0 saturated carbocycles. The summed E-state index contributed by atoms with van der Waals surface area (Å²) in [6, 6.07) is 68.6. The van der Waals surface area contributed by atoms with Crippen LogP contribution >= 0.6 is 0 Å². The molecule has 0 aliphatic heterocycles. The number of nitrogens with zero attached hydrogens (tertiary/aromatic N) is 2. The second-order valence-electron chi connectivity index (χ2n) is 13.7. The van der Waals surface area contributed by atoms with Crippen molar-refractivity contribution in [2.45, 2.75) is 0 Å². The Labute approximate surface area is 311 Å². The van der Waals surface area contributed by atoms with Gasteiger partial charge in [-0.1, -0.05) is 121 Å². The van der Waals surface area contributed by atoms with Crippen LogP contribution in [0, 0.1) is 0 Å². The van der Waals surface area contributed by atoms with Crippen LogP contribution in [0.5, 0.6) is 0 Å². The molecule has 0 spiro atoms. The van der Waals surface area contributed by atoms with Crippen LogP contribution < -0.4 is 9.80 Å². The van der Waals surface area contributed by atoms with Crippen molar-refractivity contribution in [3.8, 4) is 0 Å². The predicted octanol–water partition coefficient (Wildman–Crippen LogP) is 14.7. The lowest BCUT2D eigenvalue weighted by atomic mass is 9.95. The zero-order valence-electron chi connectivity index (χ0n) is 29.2. The topological polar surface area (TPSA) is 32.8 Å². The third kappa shape index (κ3) is 4.70. The third-order valence-corrected chi connectivity index (χ3v) is 10.6. The minimum Gasteiger partial charge on any atom is -0.456 e. The van der Waals surface area contributed by atoms with E-state index in [2.05, 4.69) is 180 Å². The highest BCUT2D eigenvalue weighted by Gasteiger charge is 2.28. The molecule has 4 nitrogen and oxygen atoms in total. The molecule has 0 fully saturated rings. The first kappa shape index (κ1) is 30.3. The molecule has 0 unspecified atom stereocenters. The fourth-order valence-electron chi connectivity index (χ4n) is 8.23. The lowest BCUT2D eigenvalue weighted by molar-refractivity contribution is 0.668. The number of rotatable bonds is 6. The smallest absolute Gasteiger partial charge is 0.137 e. The van der Waals surface area contributed by atoms with Gasteiger partial charge < -0.3 is 18.6 Å². The minimum atomic E-state index is 0.846. The van der Waals surface area contributed by atoms with E-state index < -0.39 is 0 Å². The Morgan fingerprint density at radius 1 is 0.241 bits per heavy atom. The normalized spacial score (nSPS) is 11.7. The molecule has 254 valence electrons. The van der Waals surface area contributed by atoms with Crippen molar-refractivity contribution in [2.24, 2.45) is 0 Å². The second kappa shape index (κ2) is 12.1. The van der Waals surface area contributed by atoms with Gasteiger partial charge in [-0.2, -0.15) is 0 Å². The quantitative estimate of drug-likeness (QED) is 0.128. The molecule has 0 aliphatic carbocycles. The molecule has 9 aromatic carbocycles. The number of benzene rings is 9. The van der Waals surface area contributed by atoms with E-state index in [0.29, 0.717) is 0 Å². The van der Waals surface area contributed by atoms with Crippen molar-refractivity contribution in [3.63, 3.8) is 0 Å². The SMILES string of the molecule is c1ccc(N(c2ccc3c(c2)oc2ccccc23)c2c(N(c3ccccc3)c3ccc4oc5ccccc5c4c3)c3ccccc3c3ccccc23)cc1. The molecular weight excluding hydrogens is 661 g/mol. The summed E-state index contributed by atoms with van der Waals surface area (Å²) in [5.74, 6) is 0. The fourth-order valence-corrected chi connectivity index (χ4v) is 8.23. The number of fused-ring (bicyclic) bond motifs is 9. The Bertz CT molecular complexity index is 3180. The Morgan fingerprint density at radius 2 is 0.630 bits per heavy atom. The lowest BCUT2D eigenvalue weighted by Gasteiger charge is -2.35. The Balaban J connectivity index is 1.28. The first-order chi connectivity index (χ1) is 26.8. The zero-order valence-corrected chi connectivity index (χ0v) is 29.2. The summed E-state index contributed by atoms with van der Waals surface area (Å²) in [7, 11) is 0. The van der Waals surface area contributed by atoms with Gasteiger partial charge in [0.25, 0.3) is 0 Å². The molecule has 0 saturated heterocycles. The van der Waals surface area contributed by atoms with E-state index in [9.17, 15) is 0 Å². The molecular formula is C50H32N2O2. The van der Waals surface area contributed by atoms with Gasteiger partial charge in [0.05, 0.1) is 11.4 Å². The monoisotopic (exact) mass is 692 g/mol. The van der Waals surface area contributed by atoms with Crippen LogP contribution in [0.3, 0.4) is 0 Å². The minimum absolute atomic E-state index is 0.846. The zero-order chi connectivity index (χ0) is 35.6. The van der Waals surface area contributed by atoms with Crippen molar-refractivity contribution in [1.29, 1.82) is 0 Å². The molecule has 0 atom stereocenters. The summed E-state index contributed by atoms with van der Waals surface area (Å²) in [6.45, 7) is 0. The number of hydrogen-bond acceptors (Lipinski definition) is 4. The van der Waals surface area contributed by atoms with Crippen LogP contribution in [0.15, 0.2) is 203 Å². The summed E-state index contributed by atoms with van der Waals surface area (Å²) in [4.78, 5) is 4.82. The van der Waals surface area contributed by atoms with Gasteiger partial charge in [0.1, 0.15) is 22.3 Å². The van der Waals surface area contributed by atoms with Gasteiger partial charge in [0.15, 0.2) is 0 Å². The Morgan fingerprint density at radius 3 is 1.20 bits per heavy atom. The summed E-state index contributed by atoms with van der Waals surface area (Å²) >= 11 is 0. The summed E-state index contributed by atoms with van der Waals surface area (Å²) in [5, 5.41) is 9.01. The van der Waals surface area contributed by atoms with Crippen LogP contribution in [-0.4, -0.2) is 0 Å². The lowest BCUT2D eigenvalue weighted by Crippen LogP contribution is -2.18. The van der Waals surface area contributed by atoms with Gasteiger partial charge in [-0.3, -0.25) is 0 Å². The van der Waals surface area contributed by atoms with Crippen molar-refractivity contribution < 1.29 is 8.83 Å². The van der Waals surface area contributed by atoms with Gasteiger partial charge in [0.2, 0.25) is 0 Å². The first-order valence-electron chi connectivity index (χ1n) is 18.3. The molecule has 0 radical (unpaired) electrons. The van der Waals surface area contributed by atoms with Crippen molar-refractivity contribution >= 4 is 99.5 Å². The van der Waals surface area contributed by atoms with Crippen molar-refractivity contribution in [2.75, 3.05) is 9.80 Å². The summed E-state index contributed by atoms with van der Waals surface area (Å²) in [6.07, 6.45) is 0. The van der Waals surface area contributed by atoms with Crippen LogP contribution in [0.4, 0.5) is 34.1 Å².